The Morgan fingerprint density at radius 3 is 0.900 bits per heavy atom. The van der Waals surface area contributed by atoms with E-state index in [4.69, 9.17) is 20.2 Å². The molecule has 0 heterocycles. The third kappa shape index (κ3) is 3180. The molecule has 10 heteroatoms. The molecule has 0 radical (unpaired) electrons. The molecule has 0 spiro atoms. The van der Waals surface area contributed by atoms with Crippen LogP contribution in [0.4, 0.5) is 0 Å². The van der Waals surface area contributed by atoms with Crippen molar-refractivity contribution in [3.63, 3.8) is 0 Å². The second-order valence-corrected chi connectivity index (χ2v) is 0.149. The van der Waals surface area contributed by atoms with Crippen molar-refractivity contribution < 1.29 is 20.4 Å². The van der Waals surface area contributed by atoms with Crippen LogP contribution in [0.2, 0.25) is 0 Å². The maximum atomic E-state index is 8.00. The van der Waals surface area contributed by atoms with E-state index in [-0.39, 0.29) is 45.1 Å². The van der Waals surface area contributed by atoms with E-state index in [1.807, 2.05) is 0 Å². The summed E-state index contributed by atoms with van der Waals surface area (Å²) in [5.74, 6) is 0. The second-order valence-electron chi connectivity index (χ2n) is 0.149. The Morgan fingerprint density at radius 1 is 0.900 bits per heavy atom. The molecule has 6 N–H and O–H groups in total. The first-order chi connectivity index (χ1) is 2.83. The molecule has 0 aliphatic rings. The largest absolute Gasteiger partial charge is 0.444 e. The first-order valence-corrected chi connectivity index (χ1v) is 0.730. The maximum Gasteiger partial charge on any atom is 0 e. The molecule has 0 bridgehead atoms. The molecule has 0 aromatic carbocycles. The molecular formula is H7ClN4O4Pd-2. The van der Waals surface area contributed by atoms with Crippen LogP contribution < -0.4 is 12.3 Å². The molecule has 8 nitrogen and oxygen atoms in total. The zero-order valence-corrected chi connectivity index (χ0v) is 7.04. The Hall–Kier alpha value is -0.328. The van der Waals surface area contributed by atoms with Crippen LogP contribution in [0.1, 0.15) is 0 Å². The molecule has 0 aliphatic heterocycles. The van der Waals surface area contributed by atoms with Crippen molar-refractivity contribution in [3.05, 3.63) is 20.2 Å². The molecule has 0 aromatic heterocycles. The molecular weight excluding hydrogens is 262 g/mol. The van der Waals surface area contributed by atoms with E-state index >= 15 is 0 Å². The van der Waals surface area contributed by atoms with Gasteiger partial charge < -0.3 is 32.5 Å². The van der Waals surface area contributed by atoms with Crippen LogP contribution in [-0.4, -0.2) is 0 Å². The van der Waals surface area contributed by atoms with Crippen molar-refractivity contribution >= 4 is 12.4 Å². The molecule has 0 rings (SSSR count). The fraction of sp³-hybridized carbons (Fsp3) is 0. The van der Waals surface area contributed by atoms with Crippen molar-refractivity contribution in [2.24, 2.45) is 10.7 Å². The quantitative estimate of drug-likeness (QED) is 0.379. The summed E-state index contributed by atoms with van der Waals surface area (Å²) in [6, 6.07) is 0. The predicted molar refractivity (Wildman–Crippen MR) is 35.6 cm³/mol. The Balaban J connectivity index is -0.00000000571. The van der Waals surface area contributed by atoms with E-state index in [9.17, 15) is 0 Å². The average Bonchev–Trinajstić information content (AvgIpc) is 1.39. The predicted octanol–water partition coefficient (Wildman–Crippen LogP) is 1.24. The van der Waals surface area contributed by atoms with Crippen LogP contribution in [0, 0.1) is 20.2 Å². The third-order valence-electron chi connectivity index (χ3n) is 0. The molecule has 0 saturated carbocycles. The van der Waals surface area contributed by atoms with Gasteiger partial charge in [0.05, 0.1) is 0 Å². The summed E-state index contributed by atoms with van der Waals surface area (Å²) in [6.07, 6.45) is 0. The zero-order chi connectivity index (χ0) is 5.41. The zero-order valence-electron chi connectivity index (χ0n) is 4.67. The minimum Gasteiger partial charge on any atom is -0.444 e. The van der Waals surface area contributed by atoms with Gasteiger partial charge in [-0.15, -0.1) is 23.1 Å². The van der Waals surface area contributed by atoms with Crippen LogP contribution in [0.15, 0.2) is 10.7 Å². The standard InChI is InChI=1S/ClH.2HNO2.2H3N.Pd/c;2*2-1-3;;;/h1H;2*(H,2,3);2*1H3;/p-2. The Morgan fingerprint density at radius 2 is 0.900 bits per heavy atom. The Kier molecular flexibility index (Phi) is 985. The van der Waals surface area contributed by atoms with Gasteiger partial charge in [0, 0.05) is 20.4 Å². The minimum absolute atomic E-state index is 0. The summed E-state index contributed by atoms with van der Waals surface area (Å²) in [5, 5.41) is 18.0. The molecule has 0 fully saturated rings. The van der Waals surface area contributed by atoms with E-state index in [1.165, 1.54) is 0 Å². The minimum atomic E-state index is 0. The van der Waals surface area contributed by atoms with Crippen molar-refractivity contribution in [1.29, 1.82) is 0 Å². The molecule has 0 aromatic rings. The van der Waals surface area contributed by atoms with Crippen molar-refractivity contribution in [2.75, 3.05) is 0 Å². The van der Waals surface area contributed by atoms with E-state index in [2.05, 4.69) is 0 Å². The summed E-state index contributed by atoms with van der Waals surface area (Å²) in [6.45, 7) is 0. The summed E-state index contributed by atoms with van der Waals surface area (Å²) in [5.41, 5.74) is 0. The fourth-order valence-corrected chi connectivity index (χ4v) is 0. The van der Waals surface area contributed by atoms with Crippen molar-refractivity contribution in [2.45, 2.75) is 0 Å². The molecule has 0 aliphatic carbocycles. The van der Waals surface area contributed by atoms with Gasteiger partial charge in [-0.3, -0.25) is 0 Å². The summed E-state index contributed by atoms with van der Waals surface area (Å²) < 4.78 is 0. The van der Waals surface area contributed by atoms with Gasteiger partial charge in [0.15, 0.2) is 0 Å². The maximum absolute atomic E-state index is 8.00. The molecule has 0 atom stereocenters. The van der Waals surface area contributed by atoms with E-state index in [0.717, 1.165) is 10.7 Å². The first-order valence-electron chi connectivity index (χ1n) is 0.730. The van der Waals surface area contributed by atoms with Gasteiger partial charge >= 0.3 is 0 Å². The monoisotopic (exact) mass is 268 g/mol. The van der Waals surface area contributed by atoms with Gasteiger partial charge in [0.2, 0.25) is 0 Å². The summed E-state index contributed by atoms with van der Waals surface area (Å²) in [4.78, 5) is 16.0. The number of nitrogens with zero attached hydrogens (tertiary/aromatic N) is 2. The molecule has 0 amide bonds. The van der Waals surface area contributed by atoms with Gasteiger partial charge in [0.1, 0.15) is 0 Å². The van der Waals surface area contributed by atoms with Gasteiger partial charge in [-0.2, -0.15) is 0 Å². The van der Waals surface area contributed by atoms with Crippen molar-refractivity contribution in [1.82, 2.24) is 12.3 Å². The number of rotatable bonds is 0. The van der Waals surface area contributed by atoms with E-state index < -0.39 is 0 Å². The topological polar surface area (TPSA) is 175 Å². The van der Waals surface area contributed by atoms with E-state index in [0.29, 0.717) is 0 Å². The number of halogens is 1. The fourth-order valence-electron chi connectivity index (χ4n) is 0. The first kappa shape index (κ1) is 53.9. The number of hydrogen-bond acceptors (Lipinski definition) is 8. The molecule has 70 valence electrons. The molecule has 10 heavy (non-hydrogen) atoms. The summed E-state index contributed by atoms with van der Waals surface area (Å²) >= 11 is 0. The second kappa shape index (κ2) is 183. The molecule has 0 unspecified atom stereocenters. The average molecular weight is 269 g/mol. The van der Waals surface area contributed by atoms with Gasteiger partial charge in [-0.25, -0.2) is 0 Å². The van der Waals surface area contributed by atoms with Crippen LogP contribution in [0.5, 0.6) is 0 Å². The SMILES string of the molecule is Cl.N.N.O=N[O-].O=N[O-].[Pd]. The Labute approximate surface area is 76.5 Å². The van der Waals surface area contributed by atoms with Gasteiger partial charge in [-0.05, 0) is 0 Å². The van der Waals surface area contributed by atoms with Gasteiger partial charge in [0.25, 0.3) is 0 Å². The molecule has 0 saturated heterocycles. The van der Waals surface area contributed by atoms with E-state index in [1.54, 1.807) is 0 Å². The van der Waals surface area contributed by atoms with Crippen LogP contribution >= 0.6 is 12.4 Å². The third-order valence-corrected chi connectivity index (χ3v) is 0. The van der Waals surface area contributed by atoms with Crippen LogP contribution in [-0.2, 0) is 20.4 Å². The summed E-state index contributed by atoms with van der Waals surface area (Å²) in [7, 11) is 0. The van der Waals surface area contributed by atoms with Crippen LogP contribution in [0.3, 0.4) is 0 Å². The van der Waals surface area contributed by atoms with Crippen LogP contribution in [0.25, 0.3) is 0 Å². The normalized spacial score (nSPS) is 2.40. The number of hydrogen-bond donors (Lipinski definition) is 2. The van der Waals surface area contributed by atoms with Gasteiger partial charge in [-0.1, -0.05) is 0 Å². The smallest absolute Gasteiger partial charge is 0 e. The van der Waals surface area contributed by atoms with Crippen molar-refractivity contribution in [3.8, 4) is 0 Å². The Bertz CT molecular complexity index is 38.2.